The van der Waals surface area contributed by atoms with E-state index in [-0.39, 0.29) is 5.91 Å². The zero-order valence-corrected chi connectivity index (χ0v) is 18.2. The van der Waals surface area contributed by atoms with Gasteiger partial charge in [0, 0.05) is 36.9 Å². The van der Waals surface area contributed by atoms with Crippen LogP contribution in [0.1, 0.15) is 59.4 Å². The topological polar surface area (TPSA) is 41.4 Å². The molecule has 2 heterocycles. The maximum atomic E-state index is 13.4. The zero-order chi connectivity index (χ0) is 20.9. The monoisotopic (exact) mass is 406 g/mol. The Labute approximate surface area is 180 Å². The average molecular weight is 407 g/mol. The zero-order valence-electron chi connectivity index (χ0n) is 18.2. The molecule has 1 aromatic heterocycles. The first-order valence-electron chi connectivity index (χ1n) is 11.4. The van der Waals surface area contributed by atoms with Crippen LogP contribution in [0.2, 0.25) is 0 Å². The lowest BCUT2D eigenvalue weighted by atomic mass is 9.90. The van der Waals surface area contributed by atoms with Crippen molar-refractivity contribution in [2.75, 3.05) is 20.1 Å². The molecule has 0 N–H and O–H groups in total. The van der Waals surface area contributed by atoms with Crippen LogP contribution in [-0.4, -0.2) is 51.7 Å². The predicted octanol–water partition coefficient (Wildman–Crippen LogP) is 4.07. The van der Waals surface area contributed by atoms with E-state index in [1.165, 1.54) is 29.7 Å². The Bertz CT molecular complexity index is 865. The molecule has 0 spiro atoms. The van der Waals surface area contributed by atoms with Crippen molar-refractivity contribution >= 4 is 5.91 Å². The van der Waals surface area contributed by atoms with Gasteiger partial charge in [-0.25, -0.2) is 0 Å². The van der Waals surface area contributed by atoms with Crippen molar-refractivity contribution in [1.29, 1.82) is 0 Å². The summed E-state index contributed by atoms with van der Waals surface area (Å²) in [5.74, 6) is 0.127. The number of allylic oxidation sites excluding steroid dienone is 1. The highest BCUT2D eigenvalue weighted by Gasteiger charge is 2.32. The number of hydrogen-bond donors (Lipinski definition) is 0. The number of carbonyl (C=O) groups is 1. The normalized spacial score (nSPS) is 19.4. The molecule has 1 unspecified atom stereocenters. The maximum Gasteiger partial charge on any atom is 0.274 e. The molecule has 1 saturated heterocycles. The molecule has 1 fully saturated rings. The summed E-state index contributed by atoms with van der Waals surface area (Å²) < 4.78 is 2.01. The van der Waals surface area contributed by atoms with Gasteiger partial charge >= 0.3 is 0 Å². The number of fused-ring (bicyclic) bond motifs is 1. The molecule has 2 aliphatic rings. The van der Waals surface area contributed by atoms with E-state index in [0.717, 1.165) is 51.7 Å². The summed E-state index contributed by atoms with van der Waals surface area (Å²) >= 11 is 0. The lowest BCUT2D eigenvalue weighted by molar-refractivity contribution is 0.0753. The van der Waals surface area contributed by atoms with Crippen LogP contribution in [0.25, 0.3) is 0 Å². The second-order valence-corrected chi connectivity index (χ2v) is 8.75. The first-order valence-corrected chi connectivity index (χ1v) is 11.4. The number of likely N-dealkylation sites (N-methyl/N-ethyl adjacent to an activating group) is 1. The summed E-state index contributed by atoms with van der Waals surface area (Å²) in [7, 11) is 2.20. The number of benzene rings is 1. The van der Waals surface area contributed by atoms with Crippen LogP contribution in [0.4, 0.5) is 0 Å². The van der Waals surface area contributed by atoms with E-state index in [4.69, 9.17) is 5.10 Å². The molecule has 2 aromatic rings. The summed E-state index contributed by atoms with van der Waals surface area (Å²) in [6.07, 6.45) is 9.47. The fraction of sp³-hybridized carbons (Fsp3) is 0.520. The molecule has 4 rings (SSSR count). The van der Waals surface area contributed by atoms with Gasteiger partial charge in [0.15, 0.2) is 5.69 Å². The van der Waals surface area contributed by atoms with Gasteiger partial charge in [-0.15, -0.1) is 6.58 Å². The van der Waals surface area contributed by atoms with E-state index in [9.17, 15) is 4.79 Å². The van der Waals surface area contributed by atoms with Crippen molar-refractivity contribution in [3.63, 3.8) is 0 Å². The van der Waals surface area contributed by atoms with Gasteiger partial charge in [-0.2, -0.15) is 5.10 Å². The molecule has 0 bridgehead atoms. The standard InChI is InChI=1S/C25H34N4O/c1-3-15-29-23-14-13-21(27(2)19-20-11-7-6-8-12-20)18-22(23)24(26-29)25(30)28-16-9-4-5-10-17-28/h3,6-8,11-12,21H,1,4-5,9-10,13-19H2,2H3. The molecule has 5 heteroatoms. The number of carbonyl (C=O) groups excluding carboxylic acids is 1. The van der Waals surface area contributed by atoms with Crippen LogP contribution in [-0.2, 0) is 25.9 Å². The van der Waals surface area contributed by atoms with Crippen molar-refractivity contribution in [2.45, 2.75) is 64.1 Å². The van der Waals surface area contributed by atoms with Crippen LogP contribution in [0, 0.1) is 0 Å². The molecular formula is C25H34N4O. The van der Waals surface area contributed by atoms with Gasteiger partial charge in [-0.1, -0.05) is 49.2 Å². The van der Waals surface area contributed by atoms with Gasteiger partial charge in [0.25, 0.3) is 5.91 Å². The lowest BCUT2D eigenvalue weighted by Gasteiger charge is -2.32. The summed E-state index contributed by atoms with van der Waals surface area (Å²) in [5, 5.41) is 4.80. The molecular weight excluding hydrogens is 372 g/mol. The van der Waals surface area contributed by atoms with Crippen LogP contribution in [0.5, 0.6) is 0 Å². The fourth-order valence-electron chi connectivity index (χ4n) is 4.91. The second-order valence-electron chi connectivity index (χ2n) is 8.75. The number of nitrogens with zero attached hydrogens (tertiary/aromatic N) is 4. The van der Waals surface area contributed by atoms with Gasteiger partial charge in [0.05, 0.1) is 6.54 Å². The summed E-state index contributed by atoms with van der Waals surface area (Å²) in [6.45, 7) is 7.20. The van der Waals surface area contributed by atoms with Gasteiger partial charge in [-0.05, 0) is 44.7 Å². The molecule has 160 valence electrons. The molecule has 1 aromatic carbocycles. The van der Waals surface area contributed by atoms with Gasteiger partial charge in [-0.3, -0.25) is 14.4 Å². The van der Waals surface area contributed by atoms with Crippen LogP contribution in [0.15, 0.2) is 43.0 Å². The largest absolute Gasteiger partial charge is 0.337 e. The van der Waals surface area contributed by atoms with Gasteiger partial charge in [0.2, 0.25) is 0 Å². The first kappa shape index (κ1) is 20.9. The third-order valence-corrected chi connectivity index (χ3v) is 6.62. The maximum absolute atomic E-state index is 13.4. The molecule has 0 radical (unpaired) electrons. The van der Waals surface area contributed by atoms with Crippen molar-refractivity contribution in [3.05, 3.63) is 65.5 Å². The van der Waals surface area contributed by atoms with E-state index >= 15 is 0 Å². The Kier molecular flexibility index (Phi) is 6.68. The molecule has 5 nitrogen and oxygen atoms in total. The third-order valence-electron chi connectivity index (χ3n) is 6.62. The van der Waals surface area contributed by atoms with E-state index in [0.29, 0.717) is 18.3 Å². The molecule has 1 aliphatic heterocycles. The van der Waals surface area contributed by atoms with Gasteiger partial charge < -0.3 is 4.90 Å². The average Bonchev–Trinajstić information content (AvgIpc) is 2.93. The molecule has 1 aliphatic carbocycles. The number of aromatic nitrogens is 2. The smallest absolute Gasteiger partial charge is 0.274 e. The van der Waals surface area contributed by atoms with Crippen LogP contribution < -0.4 is 0 Å². The number of hydrogen-bond acceptors (Lipinski definition) is 3. The Hall–Kier alpha value is -2.40. The van der Waals surface area contributed by atoms with Crippen molar-refractivity contribution in [1.82, 2.24) is 19.6 Å². The minimum Gasteiger partial charge on any atom is -0.337 e. The number of rotatable bonds is 6. The van der Waals surface area contributed by atoms with Crippen molar-refractivity contribution < 1.29 is 4.79 Å². The quantitative estimate of drug-likeness (QED) is 0.679. The molecule has 0 saturated carbocycles. The Morgan fingerprint density at radius 2 is 1.93 bits per heavy atom. The SMILES string of the molecule is C=CCn1nc(C(=O)N2CCCCCC2)c2c1CCC(N(C)Cc1ccccc1)C2. The Morgan fingerprint density at radius 1 is 1.20 bits per heavy atom. The highest BCUT2D eigenvalue weighted by molar-refractivity contribution is 5.94. The summed E-state index contributed by atoms with van der Waals surface area (Å²) in [4.78, 5) is 17.9. The third kappa shape index (κ3) is 4.51. The van der Waals surface area contributed by atoms with Crippen LogP contribution in [0.3, 0.4) is 0 Å². The number of amides is 1. The molecule has 1 atom stereocenters. The minimum atomic E-state index is 0.127. The highest BCUT2D eigenvalue weighted by atomic mass is 16.2. The predicted molar refractivity (Wildman–Crippen MR) is 121 cm³/mol. The summed E-state index contributed by atoms with van der Waals surface area (Å²) in [6, 6.07) is 11.0. The Morgan fingerprint density at radius 3 is 2.63 bits per heavy atom. The first-order chi connectivity index (χ1) is 14.7. The Balaban J connectivity index is 1.56. The highest BCUT2D eigenvalue weighted by Crippen LogP contribution is 2.29. The molecule has 30 heavy (non-hydrogen) atoms. The number of likely N-dealkylation sites (tertiary alicyclic amines) is 1. The lowest BCUT2D eigenvalue weighted by Crippen LogP contribution is -2.37. The van der Waals surface area contributed by atoms with E-state index in [1.807, 2.05) is 15.7 Å². The van der Waals surface area contributed by atoms with E-state index in [1.54, 1.807) is 0 Å². The minimum absolute atomic E-state index is 0.127. The fourth-order valence-corrected chi connectivity index (χ4v) is 4.91. The van der Waals surface area contributed by atoms with E-state index < -0.39 is 0 Å². The van der Waals surface area contributed by atoms with E-state index in [2.05, 4.69) is 48.9 Å². The second kappa shape index (κ2) is 9.61. The van der Waals surface area contributed by atoms with Crippen molar-refractivity contribution in [3.8, 4) is 0 Å². The summed E-state index contributed by atoms with van der Waals surface area (Å²) in [5.41, 5.74) is 4.42. The molecule has 1 amide bonds. The van der Waals surface area contributed by atoms with Gasteiger partial charge in [0.1, 0.15) is 0 Å². The van der Waals surface area contributed by atoms with Crippen molar-refractivity contribution in [2.24, 2.45) is 0 Å². The van der Waals surface area contributed by atoms with Crippen LogP contribution >= 0.6 is 0 Å².